The van der Waals surface area contributed by atoms with Crippen LogP contribution in [0.25, 0.3) is 17.0 Å². The maximum absolute atomic E-state index is 12.6. The van der Waals surface area contributed by atoms with E-state index in [1.807, 2.05) is 43.8 Å². The Labute approximate surface area is 158 Å². The third-order valence-electron chi connectivity index (χ3n) is 4.89. The highest BCUT2D eigenvalue weighted by Crippen LogP contribution is 2.41. The van der Waals surface area contributed by atoms with E-state index in [0.29, 0.717) is 23.2 Å². The lowest BCUT2D eigenvalue weighted by Gasteiger charge is -2.20. The van der Waals surface area contributed by atoms with Crippen LogP contribution in [0.5, 0.6) is 0 Å². The summed E-state index contributed by atoms with van der Waals surface area (Å²) in [7, 11) is 0. The number of amides is 1. The number of carbonyl (C=O) groups is 1. The van der Waals surface area contributed by atoms with Crippen molar-refractivity contribution in [3.63, 3.8) is 0 Å². The molecule has 3 heterocycles. The molecule has 1 aliphatic rings. The minimum absolute atomic E-state index is 0.203. The first-order chi connectivity index (χ1) is 12.9. The number of hydrogen-bond acceptors (Lipinski definition) is 4. The number of rotatable bonds is 5. The molecule has 1 unspecified atom stereocenters. The van der Waals surface area contributed by atoms with E-state index in [1.165, 1.54) is 12.8 Å². The van der Waals surface area contributed by atoms with Crippen molar-refractivity contribution in [1.29, 1.82) is 0 Å². The van der Waals surface area contributed by atoms with Crippen molar-refractivity contribution in [3.8, 4) is 11.4 Å². The first-order valence-corrected chi connectivity index (χ1v) is 9.57. The van der Waals surface area contributed by atoms with Gasteiger partial charge in [0.05, 0.1) is 17.8 Å². The lowest BCUT2D eigenvalue weighted by Crippen LogP contribution is -2.41. The van der Waals surface area contributed by atoms with Crippen LogP contribution >= 0.6 is 0 Å². The van der Waals surface area contributed by atoms with E-state index < -0.39 is 0 Å². The molecule has 0 bridgehead atoms. The van der Waals surface area contributed by atoms with Crippen LogP contribution in [-0.2, 0) is 0 Å². The van der Waals surface area contributed by atoms with Gasteiger partial charge in [-0.3, -0.25) is 13.9 Å². The van der Waals surface area contributed by atoms with Crippen molar-refractivity contribution in [2.45, 2.75) is 58.5 Å². The molecule has 7 nitrogen and oxygen atoms in total. The van der Waals surface area contributed by atoms with Crippen LogP contribution in [0.2, 0.25) is 0 Å². The Morgan fingerprint density at radius 3 is 2.81 bits per heavy atom. The SMILES string of the molecule is CCC(C1CC1)n1cc(-c2nc(C(=O)NC(C)(C)C)cc3nccn23)cn1. The van der Waals surface area contributed by atoms with Gasteiger partial charge in [0.2, 0.25) is 0 Å². The van der Waals surface area contributed by atoms with Gasteiger partial charge in [0.1, 0.15) is 17.2 Å². The summed E-state index contributed by atoms with van der Waals surface area (Å²) in [4.78, 5) is 21.6. The van der Waals surface area contributed by atoms with Gasteiger partial charge < -0.3 is 5.32 Å². The van der Waals surface area contributed by atoms with Gasteiger partial charge in [-0.15, -0.1) is 0 Å². The number of nitrogens with one attached hydrogen (secondary N) is 1. The van der Waals surface area contributed by atoms with Crippen LogP contribution in [0, 0.1) is 5.92 Å². The molecular weight excluding hydrogens is 340 g/mol. The number of aromatic nitrogens is 5. The summed E-state index contributed by atoms with van der Waals surface area (Å²) < 4.78 is 3.95. The summed E-state index contributed by atoms with van der Waals surface area (Å²) in [5.41, 5.74) is 1.62. The quantitative estimate of drug-likeness (QED) is 0.750. The Morgan fingerprint density at radius 2 is 2.15 bits per heavy atom. The van der Waals surface area contributed by atoms with Crippen molar-refractivity contribution >= 4 is 11.6 Å². The average Bonchev–Trinajstić information content (AvgIpc) is 3.12. The first-order valence-electron chi connectivity index (χ1n) is 9.57. The van der Waals surface area contributed by atoms with Crippen LogP contribution in [0.1, 0.15) is 63.5 Å². The third kappa shape index (κ3) is 3.59. The maximum Gasteiger partial charge on any atom is 0.270 e. The van der Waals surface area contributed by atoms with E-state index in [4.69, 9.17) is 0 Å². The van der Waals surface area contributed by atoms with Crippen molar-refractivity contribution < 1.29 is 4.79 Å². The van der Waals surface area contributed by atoms with Crippen LogP contribution in [0.3, 0.4) is 0 Å². The second kappa shape index (κ2) is 6.48. The predicted octanol–water partition coefficient (Wildman–Crippen LogP) is 3.48. The van der Waals surface area contributed by atoms with Gasteiger partial charge in [0, 0.05) is 30.2 Å². The Balaban J connectivity index is 1.74. The molecule has 3 aromatic rings. The van der Waals surface area contributed by atoms with E-state index in [0.717, 1.165) is 17.9 Å². The molecule has 7 heteroatoms. The molecule has 1 aliphatic carbocycles. The molecule has 1 saturated carbocycles. The minimum Gasteiger partial charge on any atom is -0.346 e. The lowest BCUT2D eigenvalue weighted by atomic mass is 10.1. The fourth-order valence-corrected chi connectivity index (χ4v) is 3.50. The average molecular weight is 366 g/mol. The highest BCUT2D eigenvalue weighted by Gasteiger charge is 2.32. The van der Waals surface area contributed by atoms with Crippen molar-refractivity contribution in [2.75, 3.05) is 0 Å². The summed E-state index contributed by atoms with van der Waals surface area (Å²) in [5, 5.41) is 7.56. The van der Waals surface area contributed by atoms with Gasteiger partial charge in [-0.2, -0.15) is 5.10 Å². The molecule has 1 atom stereocenters. The van der Waals surface area contributed by atoms with Gasteiger partial charge in [0.15, 0.2) is 0 Å². The zero-order valence-electron chi connectivity index (χ0n) is 16.3. The lowest BCUT2D eigenvalue weighted by molar-refractivity contribution is 0.0914. The van der Waals surface area contributed by atoms with Crippen LogP contribution in [0.4, 0.5) is 0 Å². The topological polar surface area (TPSA) is 77.1 Å². The zero-order valence-corrected chi connectivity index (χ0v) is 16.3. The fraction of sp³-hybridized carbons (Fsp3) is 0.500. The van der Waals surface area contributed by atoms with Crippen LogP contribution < -0.4 is 5.32 Å². The summed E-state index contributed by atoms with van der Waals surface area (Å²) >= 11 is 0. The number of imidazole rings is 1. The third-order valence-corrected chi connectivity index (χ3v) is 4.89. The molecule has 0 saturated heterocycles. The summed E-state index contributed by atoms with van der Waals surface area (Å²) in [6, 6.07) is 2.15. The van der Waals surface area contributed by atoms with Crippen molar-refractivity contribution in [1.82, 2.24) is 29.5 Å². The highest BCUT2D eigenvalue weighted by molar-refractivity contribution is 5.94. The monoisotopic (exact) mass is 366 g/mol. The van der Waals surface area contributed by atoms with Gasteiger partial charge >= 0.3 is 0 Å². The number of fused-ring (bicyclic) bond motifs is 1. The smallest absolute Gasteiger partial charge is 0.270 e. The van der Waals surface area contributed by atoms with Gasteiger partial charge in [-0.25, -0.2) is 9.97 Å². The number of hydrogen-bond donors (Lipinski definition) is 1. The normalized spacial score (nSPS) is 15.9. The Morgan fingerprint density at radius 1 is 1.37 bits per heavy atom. The molecule has 0 radical (unpaired) electrons. The second-order valence-electron chi connectivity index (χ2n) is 8.35. The zero-order chi connectivity index (χ0) is 19.2. The van der Waals surface area contributed by atoms with Crippen molar-refractivity contribution in [3.05, 3.63) is 36.5 Å². The maximum atomic E-state index is 12.6. The molecule has 3 aromatic heterocycles. The number of carbonyl (C=O) groups excluding carboxylic acids is 1. The number of nitrogens with zero attached hydrogens (tertiary/aromatic N) is 5. The molecule has 142 valence electrons. The largest absolute Gasteiger partial charge is 0.346 e. The molecular formula is C20H26N6O. The standard InChI is InChI=1S/C20H26N6O/c1-5-16(13-6-7-13)26-12-14(11-22-26)18-23-15(19(27)24-20(2,3)4)10-17-21-8-9-25(17)18/h8-13,16H,5-7H2,1-4H3,(H,24,27). The van der Waals surface area contributed by atoms with E-state index in [1.54, 1.807) is 12.3 Å². The van der Waals surface area contributed by atoms with Crippen LogP contribution in [-0.4, -0.2) is 35.6 Å². The van der Waals surface area contributed by atoms with Gasteiger partial charge in [-0.05, 0) is 46.0 Å². The van der Waals surface area contributed by atoms with E-state index in [2.05, 4.69) is 32.0 Å². The van der Waals surface area contributed by atoms with E-state index in [9.17, 15) is 4.79 Å². The molecule has 0 aliphatic heterocycles. The first kappa shape index (κ1) is 17.7. The molecule has 27 heavy (non-hydrogen) atoms. The molecule has 0 spiro atoms. The molecule has 0 aromatic carbocycles. The molecule has 4 rings (SSSR count). The highest BCUT2D eigenvalue weighted by atomic mass is 16.2. The molecule has 1 fully saturated rings. The van der Waals surface area contributed by atoms with Gasteiger partial charge in [0.25, 0.3) is 5.91 Å². The van der Waals surface area contributed by atoms with Crippen molar-refractivity contribution in [2.24, 2.45) is 5.92 Å². The van der Waals surface area contributed by atoms with Gasteiger partial charge in [-0.1, -0.05) is 6.92 Å². The Kier molecular flexibility index (Phi) is 4.25. The fourth-order valence-electron chi connectivity index (χ4n) is 3.50. The molecule has 1 amide bonds. The Hall–Kier alpha value is -2.70. The minimum atomic E-state index is -0.329. The summed E-state index contributed by atoms with van der Waals surface area (Å²) in [6.07, 6.45) is 11.1. The van der Waals surface area contributed by atoms with Crippen LogP contribution in [0.15, 0.2) is 30.9 Å². The predicted molar refractivity (Wildman–Crippen MR) is 103 cm³/mol. The summed E-state index contributed by atoms with van der Waals surface area (Å²) in [6.45, 7) is 8.06. The molecule has 1 N–H and O–H groups in total. The van der Waals surface area contributed by atoms with E-state index >= 15 is 0 Å². The summed E-state index contributed by atoms with van der Waals surface area (Å²) in [5.74, 6) is 1.21. The van der Waals surface area contributed by atoms with E-state index in [-0.39, 0.29) is 11.4 Å². The second-order valence-corrected chi connectivity index (χ2v) is 8.35. The Bertz CT molecular complexity index is 976.